The first-order valence-electron chi connectivity index (χ1n) is 9.66. The maximum atomic E-state index is 14.6. The summed E-state index contributed by atoms with van der Waals surface area (Å²) in [4.78, 5) is 14.4. The van der Waals surface area contributed by atoms with Gasteiger partial charge in [0.25, 0.3) is 5.91 Å². The van der Waals surface area contributed by atoms with Crippen molar-refractivity contribution in [3.63, 3.8) is 0 Å². The number of nitrogens with zero attached hydrogens (tertiary/aromatic N) is 2. The third-order valence-electron chi connectivity index (χ3n) is 4.92. The quantitative estimate of drug-likeness (QED) is 0.552. The zero-order valence-electron chi connectivity index (χ0n) is 16.6. The van der Waals surface area contributed by atoms with Gasteiger partial charge in [-0.2, -0.15) is 4.31 Å². The molecule has 1 aliphatic heterocycles. The Morgan fingerprint density at radius 3 is 2.16 bits per heavy atom. The number of carbonyl (C=O) groups excluding carboxylic acids is 1. The minimum absolute atomic E-state index is 0.0619. The van der Waals surface area contributed by atoms with Gasteiger partial charge in [-0.1, -0.05) is 0 Å². The van der Waals surface area contributed by atoms with Crippen LogP contribution in [-0.2, 0) is 27.8 Å². The highest BCUT2D eigenvalue weighted by molar-refractivity contribution is 7.89. The predicted molar refractivity (Wildman–Crippen MR) is 107 cm³/mol. The molecule has 3 heterocycles. The van der Waals surface area contributed by atoms with E-state index in [1.165, 1.54) is 27.8 Å². The molecule has 0 saturated carbocycles. The molecule has 1 aliphatic rings. The van der Waals surface area contributed by atoms with Crippen LogP contribution in [0.4, 0.5) is 4.39 Å². The lowest BCUT2D eigenvalue weighted by atomic mass is 10.1. The van der Waals surface area contributed by atoms with Gasteiger partial charge in [-0.15, -0.1) is 0 Å². The van der Waals surface area contributed by atoms with Crippen molar-refractivity contribution >= 4 is 15.9 Å². The maximum absolute atomic E-state index is 14.6. The minimum atomic E-state index is -3.88. The molecule has 1 aromatic carbocycles. The maximum Gasteiger partial charge on any atom is 0.257 e. The molecule has 0 bridgehead atoms. The van der Waals surface area contributed by atoms with Crippen LogP contribution >= 0.6 is 0 Å². The van der Waals surface area contributed by atoms with Crippen molar-refractivity contribution in [3.05, 3.63) is 77.9 Å². The Hall–Kier alpha value is -2.95. The second kappa shape index (κ2) is 9.04. The van der Waals surface area contributed by atoms with Crippen molar-refractivity contribution in [2.24, 2.45) is 0 Å². The van der Waals surface area contributed by atoms with Gasteiger partial charge in [0, 0.05) is 13.1 Å². The SMILES string of the molecule is O=C(c1cc(S(=O)(=O)N2CCOCC2)ccc1F)N(Cc1ccco1)Cc1ccco1. The Bertz CT molecular complexity index is 1090. The highest BCUT2D eigenvalue weighted by Crippen LogP contribution is 2.23. The molecule has 0 radical (unpaired) electrons. The van der Waals surface area contributed by atoms with Gasteiger partial charge < -0.3 is 18.5 Å². The number of morpholine rings is 1. The summed E-state index contributed by atoms with van der Waals surface area (Å²) in [5, 5.41) is 0. The van der Waals surface area contributed by atoms with Gasteiger partial charge in [-0.3, -0.25) is 4.79 Å². The molecular weight excluding hydrogens is 427 g/mol. The standard InChI is InChI=1S/C21H21FN2O6S/c22-20-6-5-18(31(26,27)24-7-11-28-12-8-24)13-19(20)21(25)23(14-16-3-1-9-29-16)15-17-4-2-10-30-17/h1-6,9-10,13H,7-8,11-12,14-15H2. The van der Waals surface area contributed by atoms with Gasteiger partial charge in [0.2, 0.25) is 10.0 Å². The number of sulfonamides is 1. The minimum Gasteiger partial charge on any atom is -0.467 e. The molecule has 0 spiro atoms. The van der Waals surface area contributed by atoms with Gasteiger partial charge in [0.15, 0.2) is 0 Å². The van der Waals surface area contributed by atoms with Gasteiger partial charge in [-0.05, 0) is 42.5 Å². The van der Waals surface area contributed by atoms with Crippen molar-refractivity contribution in [2.45, 2.75) is 18.0 Å². The number of benzene rings is 1. The topological polar surface area (TPSA) is 93.2 Å². The van der Waals surface area contributed by atoms with E-state index in [1.807, 2.05) is 0 Å². The van der Waals surface area contributed by atoms with Gasteiger partial charge in [0.05, 0.1) is 49.3 Å². The molecular formula is C21H21FN2O6S. The van der Waals surface area contributed by atoms with E-state index in [9.17, 15) is 17.6 Å². The molecule has 31 heavy (non-hydrogen) atoms. The Balaban J connectivity index is 1.65. The highest BCUT2D eigenvalue weighted by Gasteiger charge is 2.29. The number of furan rings is 2. The first kappa shape index (κ1) is 21.3. The normalized spacial score (nSPS) is 15.1. The van der Waals surface area contributed by atoms with E-state index in [0.29, 0.717) is 11.5 Å². The van der Waals surface area contributed by atoms with Crippen LogP contribution in [0.5, 0.6) is 0 Å². The molecule has 3 aromatic rings. The first-order chi connectivity index (χ1) is 14.9. The van der Waals surface area contributed by atoms with Gasteiger partial charge in [-0.25, -0.2) is 12.8 Å². The molecule has 164 valence electrons. The summed E-state index contributed by atoms with van der Waals surface area (Å²) in [5.74, 6) is -0.492. The fourth-order valence-electron chi connectivity index (χ4n) is 3.32. The molecule has 8 nitrogen and oxygen atoms in total. The lowest BCUT2D eigenvalue weighted by molar-refractivity contribution is 0.0699. The predicted octanol–water partition coefficient (Wildman–Crippen LogP) is 2.88. The van der Waals surface area contributed by atoms with Crippen LogP contribution in [0.15, 0.2) is 68.7 Å². The van der Waals surface area contributed by atoms with E-state index >= 15 is 0 Å². The summed E-state index contributed by atoms with van der Waals surface area (Å²) in [7, 11) is -3.88. The van der Waals surface area contributed by atoms with Crippen molar-refractivity contribution in [1.82, 2.24) is 9.21 Å². The van der Waals surface area contributed by atoms with E-state index in [4.69, 9.17) is 13.6 Å². The van der Waals surface area contributed by atoms with E-state index in [0.717, 1.165) is 12.1 Å². The molecule has 2 aromatic heterocycles. The van der Waals surface area contributed by atoms with Crippen LogP contribution in [0.3, 0.4) is 0 Å². The number of carbonyl (C=O) groups is 1. The summed E-state index contributed by atoms with van der Waals surface area (Å²) < 4.78 is 57.7. The van der Waals surface area contributed by atoms with Crippen molar-refractivity contribution < 1.29 is 31.2 Å². The molecule has 1 fully saturated rings. The van der Waals surface area contributed by atoms with E-state index in [1.54, 1.807) is 24.3 Å². The summed E-state index contributed by atoms with van der Waals surface area (Å²) in [6, 6.07) is 10.00. The fraction of sp³-hybridized carbons (Fsp3) is 0.286. The van der Waals surface area contributed by atoms with Crippen LogP contribution in [0.25, 0.3) is 0 Å². The molecule has 0 atom stereocenters. The average molecular weight is 448 g/mol. The van der Waals surface area contributed by atoms with E-state index in [-0.39, 0.29) is 49.9 Å². The van der Waals surface area contributed by atoms with Crippen molar-refractivity contribution in [1.29, 1.82) is 0 Å². The van der Waals surface area contributed by atoms with Crippen LogP contribution in [0.1, 0.15) is 21.9 Å². The molecule has 0 unspecified atom stereocenters. The third kappa shape index (κ3) is 4.71. The zero-order chi connectivity index (χ0) is 21.8. The fourth-order valence-corrected chi connectivity index (χ4v) is 4.75. The molecule has 10 heteroatoms. The van der Waals surface area contributed by atoms with E-state index in [2.05, 4.69) is 0 Å². The molecule has 4 rings (SSSR count). The highest BCUT2D eigenvalue weighted by atomic mass is 32.2. The van der Waals surface area contributed by atoms with Crippen LogP contribution < -0.4 is 0 Å². The summed E-state index contributed by atoms with van der Waals surface area (Å²) >= 11 is 0. The molecule has 0 N–H and O–H groups in total. The third-order valence-corrected chi connectivity index (χ3v) is 6.81. The average Bonchev–Trinajstić information content (AvgIpc) is 3.48. The monoisotopic (exact) mass is 448 g/mol. The number of halogens is 1. The van der Waals surface area contributed by atoms with Crippen molar-refractivity contribution in [2.75, 3.05) is 26.3 Å². The van der Waals surface area contributed by atoms with E-state index < -0.39 is 21.7 Å². The number of ether oxygens (including phenoxy) is 1. The Morgan fingerprint density at radius 1 is 1.00 bits per heavy atom. The van der Waals surface area contributed by atoms with Crippen LogP contribution in [0, 0.1) is 5.82 Å². The number of amides is 1. The van der Waals surface area contributed by atoms with Crippen LogP contribution in [-0.4, -0.2) is 49.8 Å². The number of rotatable bonds is 7. The van der Waals surface area contributed by atoms with Crippen molar-refractivity contribution in [3.8, 4) is 0 Å². The summed E-state index contributed by atoms with van der Waals surface area (Å²) in [5.41, 5.74) is -0.340. The Labute approximate surface area is 178 Å². The van der Waals surface area contributed by atoms with Crippen LogP contribution in [0.2, 0.25) is 0 Å². The smallest absolute Gasteiger partial charge is 0.257 e. The lowest BCUT2D eigenvalue weighted by Crippen LogP contribution is -2.40. The second-order valence-corrected chi connectivity index (χ2v) is 8.92. The molecule has 1 saturated heterocycles. The lowest BCUT2D eigenvalue weighted by Gasteiger charge is -2.26. The largest absolute Gasteiger partial charge is 0.467 e. The second-order valence-electron chi connectivity index (χ2n) is 6.98. The summed E-state index contributed by atoms with van der Waals surface area (Å²) in [6.07, 6.45) is 2.95. The number of hydrogen-bond donors (Lipinski definition) is 0. The van der Waals surface area contributed by atoms with Gasteiger partial charge in [0.1, 0.15) is 17.3 Å². The Kier molecular flexibility index (Phi) is 6.21. The molecule has 0 aliphatic carbocycles. The molecule has 1 amide bonds. The summed E-state index contributed by atoms with van der Waals surface area (Å²) in [6.45, 7) is 1.09. The number of hydrogen-bond acceptors (Lipinski definition) is 6. The van der Waals surface area contributed by atoms with Gasteiger partial charge >= 0.3 is 0 Å². The zero-order valence-corrected chi connectivity index (χ0v) is 17.4. The Morgan fingerprint density at radius 2 is 1.61 bits per heavy atom. The first-order valence-corrected chi connectivity index (χ1v) is 11.1.